The second-order valence-corrected chi connectivity index (χ2v) is 31.5. The average molecular weight is 1590 g/mol. The molecule has 0 amide bonds. The smallest absolute Gasteiger partial charge is 0.463 e. The van der Waals surface area contributed by atoms with Gasteiger partial charge in [0.15, 0.2) is 6.10 Å². The Morgan fingerprint density at radius 3 is 0.712 bits per heavy atom. The van der Waals surface area contributed by atoms with E-state index in [4.69, 9.17) is 32.3 Å². The van der Waals surface area contributed by atoms with Crippen LogP contribution in [0.4, 0.5) is 0 Å². The van der Waals surface area contributed by atoms with Crippen LogP contribution >= 0.6 is 15.6 Å². The zero-order valence-corrected chi connectivity index (χ0v) is 71.4. The highest BCUT2D eigenvalue weighted by atomic mass is 31.2. The second-order valence-electron chi connectivity index (χ2n) is 28.5. The zero-order chi connectivity index (χ0) is 80.8. The molecule has 111 heavy (non-hydrogen) atoms. The molecule has 0 heterocycles. The molecule has 18 heteroatoms. The lowest BCUT2D eigenvalue weighted by molar-refractivity contribution is -0.161. The lowest BCUT2D eigenvalue weighted by Gasteiger charge is -2.21. The highest BCUT2D eigenvalue weighted by molar-refractivity contribution is 7.47. The number of carbonyl (C=O) groups is 3. The Hall–Kier alpha value is -5.09. The van der Waals surface area contributed by atoms with E-state index in [9.17, 15) is 43.5 Å². The van der Waals surface area contributed by atoms with E-state index in [1.807, 2.05) is 0 Å². The molecule has 0 aromatic heterocycles. The topological polar surface area (TPSA) is 231 Å². The molecule has 0 aromatic carbocycles. The van der Waals surface area contributed by atoms with E-state index in [1.165, 1.54) is 116 Å². The Morgan fingerprint density at radius 1 is 0.252 bits per heavy atom. The summed E-state index contributed by atoms with van der Waals surface area (Å²) in [6.45, 7) is 2.33. The minimum Gasteiger partial charge on any atom is -0.463 e. The minimum absolute atomic E-state index is 0.0706. The van der Waals surface area contributed by atoms with Gasteiger partial charge in [0.25, 0.3) is 0 Å². The molecule has 5 unspecified atom stereocenters. The molecule has 0 rings (SSSR count). The summed E-state index contributed by atoms with van der Waals surface area (Å²) in [6.07, 6.45) is 108. The molecule has 0 aliphatic rings. The lowest BCUT2D eigenvalue weighted by atomic mass is 10.0. The van der Waals surface area contributed by atoms with Gasteiger partial charge >= 0.3 is 33.6 Å². The molecule has 0 radical (unpaired) electrons. The van der Waals surface area contributed by atoms with Crippen molar-refractivity contribution in [1.82, 2.24) is 0 Å². The number of esters is 3. The second kappa shape index (κ2) is 84.3. The van der Waals surface area contributed by atoms with Gasteiger partial charge in [-0.15, -0.1) is 0 Å². The first-order valence-corrected chi connectivity index (χ1v) is 46.4. The predicted octanol–water partition coefficient (Wildman–Crippen LogP) is 26.3. The van der Waals surface area contributed by atoms with Crippen molar-refractivity contribution in [2.75, 3.05) is 39.6 Å². The van der Waals surface area contributed by atoms with E-state index < -0.39 is 91.5 Å². The molecule has 0 saturated carbocycles. The number of rotatable bonds is 81. The van der Waals surface area contributed by atoms with Crippen LogP contribution in [0.25, 0.3) is 0 Å². The van der Waals surface area contributed by atoms with Gasteiger partial charge < -0.3 is 34.2 Å². The molecular weight excluding hydrogens is 1430 g/mol. The van der Waals surface area contributed by atoms with Gasteiger partial charge in [-0.2, -0.15) is 0 Å². The first-order chi connectivity index (χ1) is 54.2. The van der Waals surface area contributed by atoms with Gasteiger partial charge in [0.05, 0.1) is 26.4 Å². The number of aliphatic hydroxyl groups is 2. The summed E-state index contributed by atoms with van der Waals surface area (Å²) >= 11 is 0. The van der Waals surface area contributed by atoms with E-state index in [1.54, 1.807) is 0 Å². The van der Waals surface area contributed by atoms with Gasteiger partial charge in [-0.1, -0.05) is 345 Å². The zero-order valence-electron chi connectivity index (χ0n) is 69.6. The molecule has 16 nitrogen and oxygen atoms in total. The lowest BCUT2D eigenvalue weighted by Crippen LogP contribution is -2.30. The summed E-state index contributed by atoms with van der Waals surface area (Å²) in [7, 11) is -9.82. The van der Waals surface area contributed by atoms with Crippen molar-refractivity contribution in [3.63, 3.8) is 0 Å². The third-order valence-electron chi connectivity index (χ3n) is 17.9. The van der Waals surface area contributed by atoms with Crippen LogP contribution in [0.3, 0.4) is 0 Å². The third kappa shape index (κ3) is 85.6. The molecular formula is C93H156O16P2. The maximum atomic E-state index is 13.0. The Morgan fingerprint density at radius 2 is 0.450 bits per heavy atom. The fraction of sp³-hybridized carbons (Fsp3) is 0.667. The van der Waals surface area contributed by atoms with Crippen molar-refractivity contribution < 1.29 is 75.8 Å². The molecule has 0 aromatic rings. The molecule has 0 fully saturated rings. The van der Waals surface area contributed by atoms with Crippen LogP contribution in [0.2, 0.25) is 0 Å². The molecule has 0 aliphatic heterocycles. The number of hydrogen-bond acceptors (Lipinski definition) is 14. The van der Waals surface area contributed by atoms with Gasteiger partial charge in [-0.05, 0) is 148 Å². The van der Waals surface area contributed by atoms with E-state index >= 15 is 0 Å². The van der Waals surface area contributed by atoms with Crippen LogP contribution in [0.5, 0.6) is 0 Å². The van der Waals surface area contributed by atoms with Gasteiger partial charge in [0.1, 0.15) is 25.4 Å². The van der Waals surface area contributed by atoms with Gasteiger partial charge in [-0.3, -0.25) is 32.5 Å². The number of ether oxygens (including phenoxy) is 3. The van der Waals surface area contributed by atoms with Gasteiger partial charge in [0.2, 0.25) is 0 Å². The van der Waals surface area contributed by atoms with E-state index in [0.29, 0.717) is 19.3 Å². The highest BCUT2D eigenvalue weighted by Crippen LogP contribution is 2.45. The van der Waals surface area contributed by atoms with Crippen LogP contribution in [-0.2, 0) is 55.8 Å². The van der Waals surface area contributed by atoms with Gasteiger partial charge in [-0.25, -0.2) is 9.13 Å². The van der Waals surface area contributed by atoms with Crippen LogP contribution < -0.4 is 0 Å². The summed E-state index contributed by atoms with van der Waals surface area (Å²) in [6, 6.07) is 0. The number of phosphoric ester groups is 2. The maximum absolute atomic E-state index is 13.0. The van der Waals surface area contributed by atoms with Crippen LogP contribution in [-0.4, -0.2) is 95.9 Å². The van der Waals surface area contributed by atoms with Crippen molar-refractivity contribution in [2.45, 2.75) is 360 Å². The molecule has 0 spiro atoms. The largest absolute Gasteiger partial charge is 0.472 e. The van der Waals surface area contributed by atoms with Crippen LogP contribution in [0, 0.1) is 0 Å². The minimum atomic E-state index is -4.95. The van der Waals surface area contributed by atoms with E-state index in [0.717, 1.165) is 167 Å². The Balaban J connectivity index is 4.52. The number of hydrogen-bond donors (Lipinski definition) is 4. The molecule has 4 N–H and O–H groups in total. The van der Waals surface area contributed by atoms with Gasteiger partial charge in [0, 0.05) is 19.3 Å². The first-order valence-electron chi connectivity index (χ1n) is 43.4. The van der Waals surface area contributed by atoms with E-state index in [2.05, 4.69) is 191 Å². The number of allylic oxidation sites excluding steroid dienone is 28. The SMILES string of the molecule is CC/C=C\C/C=C\C/C=C\C/C=C\C/C=C\CCCCCCCCCCCCCCCCCCCC(=O)OCC(O)COP(=O)(O)OCC(O)COP(=O)(O)OCC(COC(=O)CCCCCCCCCCC/C=C\C/C=C\C/C=C\C/C=C\C/C=C\CC)OC(=O)CCCCCC/C=C\C/C=C\C/C=C\C/C=C\CC. The Bertz CT molecular complexity index is 2700. The maximum Gasteiger partial charge on any atom is 0.472 e. The summed E-state index contributed by atoms with van der Waals surface area (Å²) in [4.78, 5) is 58.8. The van der Waals surface area contributed by atoms with Crippen molar-refractivity contribution in [2.24, 2.45) is 0 Å². The van der Waals surface area contributed by atoms with Crippen molar-refractivity contribution in [3.05, 3.63) is 170 Å². The van der Waals surface area contributed by atoms with Crippen molar-refractivity contribution in [1.29, 1.82) is 0 Å². The molecule has 0 bridgehead atoms. The standard InChI is InChI=1S/C93H156O16P2/c1-4-7-10-13-16-19-22-25-28-31-33-35-37-39-40-41-42-43-44-45-46-48-50-51-53-56-58-61-64-67-70-73-76-79-91(96)103-82-88(94)83-105-110(99,100)106-84-89(95)85-107-111(101,102)108-87-90(109-93(98)81-78-75-72-69-66-63-60-55-30-27-24-21-18-15-12-9-6-3)86-104-92(97)80-77-74-71-68-65-62-59-57-54-52-49-47-38-36-34-32-29-26-23-20-17-14-11-8-5-2/h7-12,16-21,25-30,33-36,39-40,47,49,60,63,88-90,94-95H,4-6,13-15,22-24,31-32,37-38,41-46,48,50-59,61-62,64-87H2,1-3H3,(H,99,100)(H,101,102)/b10-7-,11-8-,12-9-,19-16-,20-17-,21-18-,28-25-,29-26-,30-27-,35-33-,36-34-,40-39-,49-47-,63-60-. The predicted molar refractivity (Wildman–Crippen MR) is 463 cm³/mol. The third-order valence-corrected chi connectivity index (χ3v) is 19.8. The molecule has 634 valence electrons. The quantitative estimate of drug-likeness (QED) is 0.0146. The summed E-state index contributed by atoms with van der Waals surface area (Å²) in [5.41, 5.74) is 0. The summed E-state index contributed by atoms with van der Waals surface area (Å²) in [5, 5.41) is 20.7. The van der Waals surface area contributed by atoms with Crippen molar-refractivity contribution in [3.8, 4) is 0 Å². The number of phosphoric acid groups is 2. The van der Waals surface area contributed by atoms with Crippen molar-refractivity contribution >= 4 is 33.6 Å². The van der Waals surface area contributed by atoms with Crippen LogP contribution in [0.15, 0.2) is 170 Å². The summed E-state index contributed by atoms with van der Waals surface area (Å²) < 4.78 is 61.3. The molecule has 0 saturated heterocycles. The average Bonchev–Trinajstić information content (AvgIpc) is 0.901. The fourth-order valence-electron chi connectivity index (χ4n) is 11.4. The molecule has 0 aliphatic carbocycles. The number of carbonyl (C=O) groups excluding carboxylic acids is 3. The number of unbranched alkanes of at least 4 members (excludes halogenated alkanes) is 30. The fourth-order valence-corrected chi connectivity index (χ4v) is 13.0. The molecule has 5 atom stereocenters. The normalized spacial score (nSPS) is 14.7. The summed E-state index contributed by atoms with van der Waals surface area (Å²) in [5.74, 6) is -1.61. The Kier molecular flexibility index (Phi) is 80.4. The number of aliphatic hydroxyl groups excluding tert-OH is 2. The monoisotopic (exact) mass is 1590 g/mol. The first kappa shape index (κ1) is 106. The Labute approximate surface area is 675 Å². The highest BCUT2D eigenvalue weighted by Gasteiger charge is 2.29. The van der Waals surface area contributed by atoms with Crippen LogP contribution in [0.1, 0.15) is 342 Å². The van der Waals surface area contributed by atoms with E-state index in [-0.39, 0.29) is 19.3 Å².